The second-order valence-electron chi connectivity index (χ2n) is 3.88. The largest absolute Gasteiger partial charge is 0.296 e. The van der Waals surface area contributed by atoms with Gasteiger partial charge >= 0.3 is 0 Å². The van der Waals surface area contributed by atoms with Crippen LogP contribution in [0.5, 0.6) is 0 Å². The first-order valence-electron chi connectivity index (χ1n) is 5.32. The molecule has 1 heterocycles. The van der Waals surface area contributed by atoms with Crippen LogP contribution in [-0.4, -0.2) is 14.5 Å². The van der Waals surface area contributed by atoms with Crippen molar-refractivity contribution < 1.29 is 9.31 Å². The van der Waals surface area contributed by atoms with Gasteiger partial charge in [0, 0.05) is 0 Å². The lowest BCUT2D eigenvalue weighted by atomic mass is 10.1. The van der Waals surface area contributed by atoms with Crippen LogP contribution in [0.3, 0.4) is 0 Å². The van der Waals surface area contributed by atoms with Gasteiger partial charge in [-0.15, -0.1) is 0 Å². The van der Waals surface area contributed by atoms with Gasteiger partial charge in [-0.2, -0.15) is 10.5 Å². The Morgan fingerprint density at radius 3 is 2.65 bits per heavy atom. The molecule has 1 aromatic heterocycles. The van der Waals surface area contributed by atoms with Crippen LogP contribution < -0.4 is 0 Å². The zero-order valence-corrected chi connectivity index (χ0v) is 10.2. The van der Waals surface area contributed by atoms with Gasteiger partial charge in [-0.05, 0) is 18.6 Å². The second-order valence-corrected chi connectivity index (χ2v) is 3.88. The van der Waals surface area contributed by atoms with Gasteiger partial charge in [0.15, 0.2) is 11.4 Å². The van der Waals surface area contributed by atoms with Gasteiger partial charge < -0.3 is 0 Å². The number of rotatable bonds is 2. The van der Waals surface area contributed by atoms with Crippen molar-refractivity contribution in [1.82, 2.24) is 9.55 Å². The fourth-order valence-corrected chi connectivity index (χ4v) is 1.71. The van der Waals surface area contributed by atoms with Gasteiger partial charge in [0.2, 0.25) is 0 Å². The summed E-state index contributed by atoms with van der Waals surface area (Å²) >= 11 is 0. The summed E-state index contributed by atoms with van der Waals surface area (Å²) in [7, 11) is 0. The summed E-state index contributed by atoms with van der Waals surface area (Å²) in [6.45, 7) is 1.44. The predicted molar refractivity (Wildman–Crippen MR) is 64.3 cm³/mol. The first-order valence-corrected chi connectivity index (χ1v) is 5.32. The molecule has 8 heteroatoms. The van der Waals surface area contributed by atoms with E-state index in [4.69, 9.17) is 10.5 Å². The smallest absolute Gasteiger partial charge is 0.283 e. The molecule has 0 aliphatic rings. The average molecular weight is 271 g/mol. The van der Waals surface area contributed by atoms with Crippen LogP contribution in [-0.2, 0) is 0 Å². The molecule has 0 saturated heterocycles. The molecule has 0 radical (unpaired) electrons. The van der Waals surface area contributed by atoms with Crippen molar-refractivity contribution in [2.75, 3.05) is 0 Å². The molecule has 0 fully saturated rings. The van der Waals surface area contributed by atoms with Crippen molar-refractivity contribution in [3.05, 3.63) is 51.3 Å². The van der Waals surface area contributed by atoms with Crippen LogP contribution in [0, 0.1) is 45.5 Å². The van der Waals surface area contributed by atoms with E-state index in [1.165, 1.54) is 13.0 Å². The summed E-state index contributed by atoms with van der Waals surface area (Å²) in [5.74, 6) is -0.723. The Hall–Kier alpha value is -3.26. The lowest BCUT2D eigenvalue weighted by Crippen LogP contribution is -2.03. The molecule has 2 rings (SSSR count). The van der Waals surface area contributed by atoms with Gasteiger partial charge in [-0.25, -0.2) is 9.37 Å². The molecule has 0 N–H and O–H groups in total. The van der Waals surface area contributed by atoms with Gasteiger partial charge in [0.1, 0.15) is 30.0 Å². The standard InChI is InChI=1S/C12H6FN5O2/c1-7-2-10(11(18(19)20)3-8(7)13)17-6-16-9(4-14)12(17)5-15/h2-3,6H,1H3. The summed E-state index contributed by atoms with van der Waals surface area (Å²) in [5, 5.41) is 28.8. The number of aromatic nitrogens is 2. The van der Waals surface area contributed by atoms with Crippen LogP contribution in [0.1, 0.15) is 17.0 Å². The van der Waals surface area contributed by atoms with Crippen molar-refractivity contribution >= 4 is 5.69 Å². The molecule has 0 atom stereocenters. The van der Waals surface area contributed by atoms with Crippen LogP contribution >= 0.6 is 0 Å². The number of nitriles is 2. The highest BCUT2D eigenvalue weighted by Crippen LogP contribution is 2.27. The van der Waals surface area contributed by atoms with E-state index in [0.717, 1.165) is 17.0 Å². The Bertz CT molecular complexity index is 797. The zero-order valence-electron chi connectivity index (χ0n) is 10.2. The van der Waals surface area contributed by atoms with E-state index in [9.17, 15) is 14.5 Å². The fraction of sp³-hybridized carbons (Fsp3) is 0.0833. The molecule has 98 valence electrons. The minimum Gasteiger partial charge on any atom is -0.283 e. The molecule has 2 aromatic rings. The highest BCUT2D eigenvalue weighted by atomic mass is 19.1. The molecule has 0 aliphatic heterocycles. The number of nitrogens with zero attached hydrogens (tertiary/aromatic N) is 5. The maximum Gasteiger partial charge on any atom is 0.296 e. The number of nitro groups is 1. The second kappa shape index (κ2) is 4.78. The maximum atomic E-state index is 13.4. The first kappa shape index (κ1) is 13.2. The van der Waals surface area contributed by atoms with Gasteiger partial charge in [0.25, 0.3) is 5.69 Å². The quantitative estimate of drug-likeness (QED) is 0.612. The van der Waals surface area contributed by atoms with Crippen molar-refractivity contribution in [3.8, 4) is 17.8 Å². The number of halogens is 1. The Kier molecular flexibility index (Phi) is 3.15. The third kappa shape index (κ3) is 1.95. The van der Waals surface area contributed by atoms with Crippen LogP contribution in [0.4, 0.5) is 10.1 Å². The summed E-state index contributed by atoms with van der Waals surface area (Å²) < 4.78 is 14.5. The zero-order chi connectivity index (χ0) is 14.9. The summed E-state index contributed by atoms with van der Waals surface area (Å²) in [5.41, 5.74) is -0.627. The molecule has 0 bridgehead atoms. The number of hydrogen-bond acceptors (Lipinski definition) is 5. The van der Waals surface area contributed by atoms with E-state index in [1.807, 2.05) is 0 Å². The average Bonchev–Trinajstić information content (AvgIpc) is 2.83. The third-order valence-corrected chi connectivity index (χ3v) is 2.69. The van der Waals surface area contributed by atoms with Crippen molar-refractivity contribution in [2.24, 2.45) is 0 Å². The maximum absolute atomic E-state index is 13.4. The van der Waals surface area contributed by atoms with Crippen molar-refractivity contribution in [3.63, 3.8) is 0 Å². The molecule has 0 saturated carbocycles. The van der Waals surface area contributed by atoms with E-state index in [2.05, 4.69) is 4.98 Å². The SMILES string of the molecule is Cc1cc(-n2cnc(C#N)c2C#N)c([N+](=O)[O-])cc1F. The number of hydrogen-bond donors (Lipinski definition) is 0. The molecule has 0 spiro atoms. The fourth-order valence-electron chi connectivity index (χ4n) is 1.71. The van der Waals surface area contributed by atoms with E-state index >= 15 is 0 Å². The molecule has 1 aromatic carbocycles. The van der Waals surface area contributed by atoms with E-state index in [-0.39, 0.29) is 22.6 Å². The molecule has 0 aliphatic carbocycles. The number of benzene rings is 1. The lowest BCUT2D eigenvalue weighted by molar-refractivity contribution is -0.384. The normalized spacial score (nSPS) is 9.80. The first-order chi connectivity index (χ1) is 9.49. The monoisotopic (exact) mass is 271 g/mol. The van der Waals surface area contributed by atoms with Crippen LogP contribution in [0.15, 0.2) is 18.5 Å². The van der Waals surface area contributed by atoms with Gasteiger partial charge in [-0.1, -0.05) is 0 Å². The van der Waals surface area contributed by atoms with Crippen molar-refractivity contribution in [2.45, 2.75) is 6.92 Å². The Morgan fingerprint density at radius 1 is 1.40 bits per heavy atom. The van der Waals surface area contributed by atoms with Crippen molar-refractivity contribution in [1.29, 1.82) is 10.5 Å². The third-order valence-electron chi connectivity index (χ3n) is 2.69. The number of aryl methyl sites for hydroxylation is 1. The van der Waals surface area contributed by atoms with E-state index in [1.54, 1.807) is 12.1 Å². The lowest BCUT2D eigenvalue weighted by Gasteiger charge is -2.07. The van der Waals surface area contributed by atoms with Crippen LogP contribution in [0.2, 0.25) is 0 Å². The van der Waals surface area contributed by atoms with E-state index < -0.39 is 16.4 Å². The number of imidazole rings is 1. The minimum absolute atomic E-state index is 0.0144. The topological polar surface area (TPSA) is 109 Å². The Labute approximate surface area is 112 Å². The Morgan fingerprint density at radius 2 is 2.10 bits per heavy atom. The van der Waals surface area contributed by atoms with E-state index in [0.29, 0.717) is 0 Å². The Balaban J connectivity index is 2.80. The molecular weight excluding hydrogens is 265 g/mol. The van der Waals surface area contributed by atoms with Crippen LogP contribution in [0.25, 0.3) is 5.69 Å². The van der Waals surface area contributed by atoms with Gasteiger partial charge in [-0.3, -0.25) is 14.7 Å². The summed E-state index contributed by atoms with van der Waals surface area (Å²) in [4.78, 5) is 13.9. The number of nitro benzene ring substituents is 1. The molecule has 7 nitrogen and oxygen atoms in total. The highest BCUT2D eigenvalue weighted by Gasteiger charge is 2.22. The molecular formula is C12H6FN5O2. The highest BCUT2D eigenvalue weighted by molar-refractivity contribution is 5.57. The molecule has 20 heavy (non-hydrogen) atoms. The molecule has 0 unspecified atom stereocenters. The predicted octanol–water partition coefficient (Wildman–Crippen LogP) is 1.97. The molecule has 0 amide bonds. The minimum atomic E-state index is -0.759. The van der Waals surface area contributed by atoms with Gasteiger partial charge in [0.05, 0.1) is 11.0 Å². The summed E-state index contributed by atoms with van der Waals surface area (Å²) in [6.07, 6.45) is 1.12. The summed E-state index contributed by atoms with van der Waals surface area (Å²) in [6, 6.07) is 5.48.